The van der Waals surface area contributed by atoms with Crippen LogP contribution < -0.4 is 10.1 Å². The van der Waals surface area contributed by atoms with E-state index in [1.807, 2.05) is 0 Å². The summed E-state index contributed by atoms with van der Waals surface area (Å²) in [5.74, 6) is -2.84. The maximum absolute atomic E-state index is 13.8. The summed E-state index contributed by atoms with van der Waals surface area (Å²) in [6.07, 6.45) is -2.30. The van der Waals surface area contributed by atoms with Crippen molar-refractivity contribution in [2.45, 2.75) is 24.4 Å². The average molecular weight is 597 g/mol. The van der Waals surface area contributed by atoms with Crippen LogP contribution in [0, 0.1) is 10.1 Å². The van der Waals surface area contributed by atoms with Crippen molar-refractivity contribution in [1.82, 2.24) is 14.5 Å². The summed E-state index contributed by atoms with van der Waals surface area (Å²) in [6.45, 7) is -0.299. The number of nitro benzene ring substituents is 1. The van der Waals surface area contributed by atoms with Crippen molar-refractivity contribution in [3.8, 4) is 5.75 Å². The number of hydrogen-bond acceptors (Lipinski definition) is 8. The van der Waals surface area contributed by atoms with E-state index < -0.39 is 57.1 Å². The van der Waals surface area contributed by atoms with Crippen LogP contribution in [0.1, 0.15) is 33.9 Å². The highest BCUT2D eigenvalue weighted by Crippen LogP contribution is 2.27. The van der Waals surface area contributed by atoms with Crippen LogP contribution >= 0.6 is 0 Å². The lowest BCUT2D eigenvalue weighted by Crippen LogP contribution is -2.54. The Morgan fingerprint density at radius 3 is 2.36 bits per heavy atom. The second-order valence-electron chi connectivity index (χ2n) is 9.46. The zero-order valence-corrected chi connectivity index (χ0v) is 23.3. The van der Waals surface area contributed by atoms with Crippen LogP contribution in [0.2, 0.25) is 0 Å². The van der Waals surface area contributed by atoms with Gasteiger partial charge in [-0.25, -0.2) is 8.42 Å². The van der Waals surface area contributed by atoms with E-state index in [9.17, 15) is 38.0 Å². The van der Waals surface area contributed by atoms with Crippen LogP contribution in [-0.4, -0.2) is 71.8 Å². The van der Waals surface area contributed by atoms with Crippen molar-refractivity contribution in [3.63, 3.8) is 0 Å². The van der Waals surface area contributed by atoms with E-state index in [-0.39, 0.29) is 29.9 Å². The summed E-state index contributed by atoms with van der Waals surface area (Å²) in [5, 5.41) is 23.3. The van der Waals surface area contributed by atoms with Crippen LogP contribution in [-0.2, 0) is 25.4 Å². The summed E-state index contributed by atoms with van der Waals surface area (Å²) >= 11 is 0. The Balaban J connectivity index is 1.70. The van der Waals surface area contributed by atoms with Gasteiger partial charge in [0.25, 0.3) is 17.5 Å². The molecular weight excluding hydrogens is 568 g/mol. The minimum Gasteiger partial charge on any atom is -0.497 e. The number of rotatable bonds is 11. The Bertz CT molecular complexity index is 1580. The molecule has 1 aliphatic rings. The van der Waals surface area contributed by atoms with Gasteiger partial charge in [-0.3, -0.25) is 24.5 Å². The van der Waals surface area contributed by atoms with Crippen LogP contribution in [0.25, 0.3) is 0 Å². The third-order valence-electron chi connectivity index (χ3n) is 6.69. The van der Waals surface area contributed by atoms with Gasteiger partial charge < -0.3 is 20.1 Å². The third-order valence-corrected chi connectivity index (χ3v) is 8.48. The van der Waals surface area contributed by atoms with Gasteiger partial charge in [0.1, 0.15) is 5.75 Å². The molecular formula is C28H28N4O9S. The summed E-state index contributed by atoms with van der Waals surface area (Å²) in [5.41, 5.74) is 0.458. The molecule has 1 aliphatic heterocycles. The summed E-state index contributed by atoms with van der Waals surface area (Å²) in [4.78, 5) is 50.8. The van der Waals surface area contributed by atoms with Gasteiger partial charge in [0.2, 0.25) is 10.0 Å². The molecule has 0 bridgehead atoms. The first-order valence-electron chi connectivity index (χ1n) is 12.7. The lowest BCUT2D eigenvalue weighted by Gasteiger charge is -2.30. The number of benzene rings is 3. The number of nitrogens with zero attached hydrogens (tertiary/aromatic N) is 3. The van der Waals surface area contributed by atoms with E-state index in [1.54, 1.807) is 42.5 Å². The minimum atomic E-state index is -4.15. The number of non-ortho nitro benzene ring substituents is 1. The monoisotopic (exact) mass is 596 g/mol. The van der Waals surface area contributed by atoms with E-state index in [1.165, 1.54) is 37.4 Å². The van der Waals surface area contributed by atoms with E-state index >= 15 is 0 Å². The van der Waals surface area contributed by atoms with Crippen molar-refractivity contribution in [2.24, 2.45) is 0 Å². The lowest BCUT2D eigenvalue weighted by atomic mass is 10.0. The highest BCUT2D eigenvalue weighted by Gasteiger charge is 2.46. The van der Waals surface area contributed by atoms with Crippen molar-refractivity contribution in [1.29, 1.82) is 0 Å². The Morgan fingerprint density at radius 2 is 1.74 bits per heavy atom. The van der Waals surface area contributed by atoms with Crippen molar-refractivity contribution < 1.29 is 37.6 Å². The molecule has 13 nitrogen and oxygen atoms in total. The second kappa shape index (κ2) is 12.8. The molecule has 0 saturated carbocycles. The molecule has 2 atom stereocenters. The number of carboxylic acid groups (broad SMARTS) is 1. The number of amides is 2. The highest BCUT2D eigenvalue weighted by atomic mass is 32.2. The number of carboxylic acids is 1. The molecule has 1 fully saturated rings. The number of aliphatic carboxylic acids is 1. The molecule has 2 unspecified atom stereocenters. The smallest absolute Gasteiger partial charge is 0.305 e. The first-order chi connectivity index (χ1) is 20.0. The van der Waals surface area contributed by atoms with Gasteiger partial charge in [-0.05, 0) is 35.4 Å². The second-order valence-corrected chi connectivity index (χ2v) is 11.4. The Labute approximate surface area is 241 Å². The fourth-order valence-corrected chi connectivity index (χ4v) is 6.33. The maximum Gasteiger partial charge on any atom is 0.305 e. The van der Waals surface area contributed by atoms with Gasteiger partial charge in [-0.1, -0.05) is 42.5 Å². The normalized spacial score (nSPS) is 16.0. The third kappa shape index (κ3) is 6.90. The molecule has 2 amide bonds. The summed E-state index contributed by atoms with van der Waals surface area (Å²) in [6, 6.07) is 18.2. The van der Waals surface area contributed by atoms with Crippen molar-refractivity contribution in [2.75, 3.05) is 20.2 Å². The molecule has 3 aromatic carbocycles. The fourth-order valence-electron chi connectivity index (χ4n) is 4.68. The Morgan fingerprint density at radius 1 is 1.05 bits per heavy atom. The molecule has 1 saturated heterocycles. The number of hydrogen-bond donors (Lipinski definition) is 2. The van der Waals surface area contributed by atoms with Gasteiger partial charge in [0, 0.05) is 30.8 Å². The zero-order valence-electron chi connectivity index (χ0n) is 22.5. The number of sulfonamides is 1. The molecule has 42 heavy (non-hydrogen) atoms. The zero-order chi connectivity index (χ0) is 30.4. The van der Waals surface area contributed by atoms with Gasteiger partial charge in [-0.15, -0.1) is 0 Å². The van der Waals surface area contributed by atoms with Gasteiger partial charge in [0.15, 0.2) is 6.17 Å². The van der Waals surface area contributed by atoms with Gasteiger partial charge >= 0.3 is 5.97 Å². The van der Waals surface area contributed by atoms with Crippen molar-refractivity contribution >= 4 is 33.5 Å². The fraction of sp³-hybridized carbons (Fsp3) is 0.250. The number of carbonyl (C=O) groups excluding carboxylic acids is 2. The molecule has 220 valence electrons. The minimum absolute atomic E-state index is 0.114. The molecule has 1 heterocycles. The SMILES string of the molecule is COc1ccc(C(=O)N2CCN(S(=O)(=O)Cc3ccccc3)C2C(=O)NC(CC(=O)O)c2cccc([N+](=O)[O-])c2)cc1. The Kier molecular flexibility index (Phi) is 9.18. The molecule has 0 aromatic heterocycles. The Hall–Kier alpha value is -4.82. The highest BCUT2D eigenvalue weighted by molar-refractivity contribution is 7.88. The molecule has 14 heteroatoms. The topological polar surface area (TPSA) is 176 Å². The van der Waals surface area contributed by atoms with E-state index in [0.717, 1.165) is 15.3 Å². The number of carbonyl (C=O) groups is 3. The maximum atomic E-state index is 13.8. The lowest BCUT2D eigenvalue weighted by molar-refractivity contribution is -0.384. The quantitative estimate of drug-likeness (QED) is 0.249. The number of nitrogens with one attached hydrogen (secondary N) is 1. The molecule has 4 rings (SSSR count). The molecule has 0 radical (unpaired) electrons. The first kappa shape index (κ1) is 30.1. The average Bonchev–Trinajstić information content (AvgIpc) is 3.43. The first-order valence-corrected chi connectivity index (χ1v) is 14.4. The van der Waals surface area contributed by atoms with Gasteiger partial charge in [0.05, 0.1) is 30.2 Å². The van der Waals surface area contributed by atoms with E-state index in [4.69, 9.17) is 4.74 Å². The van der Waals surface area contributed by atoms with Crippen molar-refractivity contribution in [3.05, 3.63) is 106 Å². The number of ether oxygens (including phenoxy) is 1. The van der Waals surface area contributed by atoms with Gasteiger partial charge in [-0.2, -0.15) is 4.31 Å². The predicted molar refractivity (Wildman–Crippen MR) is 150 cm³/mol. The van der Waals surface area contributed by atoms with E-state index in [2.05, 4.69) is 5.32 Å². The molecule has 0 spiro atoms. The molecule has 0 aliphatic carbocycles. The number of nitro groups is 1. The van der Waals surface area contributed by atoms with Crippen LogP contribution in [0.3, 0.4) is 0 Å². The predicted octanol–water partition coefficient (Wildman–Crippen LogP) is 2.55. The number of methoxy groups -OCH3 is 1. The molecule has 2 N–H and O–H groups in total. The van der Waals surface area contributed by atoms with Crippen LogP contribution in [0.5, 0.6) is 5.75 Å². The van der Waals surface area contributed by atoms with E-state index in [0.29, 0.717) is 11.3 Å². The standard InChI is InChI=1S/C28H28N4O9S/c1-41-23-12-10-20(11-13-23)28(36)30-14-15-31(42(39,40)18-19-6-3-2-4-7-19)27(30)26(35)29-24(17-25(33)34)21-8-5-9-22(16-21)32(37)38/h2-13,16,24,27H,14-15,17-18H2,1H3,(H,29,35)(H,33,34). The summed E-state index contributed by atoms with van der Waals surface area (Å²) in [7, 11) is -2.69. The summed E-state index contributed by atoms with van der Waals surface area (Å²) < 4.78 is 33.2. The molecule has 3 aromatic rings. The van der Waals surface area contributed by atoms with Crippen LogP contribution in [0.4, 0.5) is 5.69 Å². The van der Waals surface area contributed by atoms with Crippen LogP contribution in [0.15, 0.2) is 78.9 Å². The largest absolute Gasteiger partial charge is 0.497 e.